The molecule has 4 rings (SSSR count). The minimum absolute atomic E-state index is 0.153. The summed E-state index contributed by atoms with van der Waals surface area (Å²) in [5, 5.41) is 0.406. The van der Waals surface area contributed by atoms with E-state index in [0.29, 0.717) is 17.4 Å². The van der Waals surface area contributed by atoms with Crippen molar-refractivity contribution in [1.82, 2.24) is 4.98 Å². The molecule has 0 bridgehead atoms. The van der Waals surface area contributed by atoms with Crippen LogP contribution in [0.25, 0.3) is 22.6 Å². The molecule has 2 aromatic carbocycles. The molecule has 4 heteroatoms. The third-order valence-electron chi connectivity index (χ3n) is 5.93. The molecule has 1 unspecified atom stereocenters. The smallest absolute Gasteiger partial charge is 0.257 e. The van der Waals surface area contributed by atoms with E-state index >= 15 is 0 Å². The number of hydrogen-bond acceptors (Lipinski definition) is 4. The summed E-state index contributed by atoms with van der Waals surface area (Å²) in [6.45, 7) is 1.97. The van der Waals surface area contributed by atoms with E-state index in [1.807, 2.05) is 67.6 Å². The predicted molar refractivity (Wildman–Crippen MR) is 124 cm³/mol. The number of benzene rings is 2. The Hall–Kier alpha value is -2.33. The van der Waals surface area contributed by atoms with Gasteiger partial charge in [-0.05, 0) is 19.3 Å². The van der Waals surface area contributed by atoms with E-state index in [0.717, 1.165) is 34.9 Å². The summed E-state index contributed by atoms with van der Waals surface area (Å²) in [5.74, 6) is 1.89. The van der Waals surface area contributed by atoms with Crippen molar-refractivity contribution in [3.8, 4) is 22.6 Å². The van der Waals surface area contributed by atoms with Crippen molar-refractivity contribution >= 4 is 17.5 Å². The van der Waals surface area contributed by atoms with Gasteiger partial charge < -0.3 is 4.42 Å². The molecule has 1 fully saturated rings. The van der Waals surface area contributed by atoms with Crippen molar-refractivity contribution in [2.75, 3.05) is 0 Å². The number of oxazole rings is 1. The maximum atomic E-state index is 12.7. The first-order valence-electron chi connectivity index (χ1n) is 11.0. The number of ketones is 1. The fraction of sp³-hybridized carbons (Fsp3) is 0.385. The van der Waals surface area contributed by atoms with Gasteiger partial charge in [-0.15, -0.1) is 0 Å². The molecule has 0 radical (unpaired) electrons. The molecule has 3 nitrogen and oxygen atoms in total. The Morgan fingerprint density at radius 3 is 2.33 bits per heavy atom. The van der Waals surface area contributed by atoms with E-state index in [1.54, 1.807) is 0 Å². The number of aromatic nitrogens is 1. The molecule has 0 amide bonds. The fourth-order valence-corrected chi connectivity index (χ4v) is 5.04. The minimum atomic E-state index is -0.153. The lowest BCUT2D eigenvalue weighted by Gasteiger charge is -2.10. The SMILES string of the molecule is CC(Sc1nc(-c2ccccc2)c(-c2ccccc2)o1)C(=O)CCCC1CCCC1. The van der Waals surface area contributed by atoms with Gasteiger partial charge in [0.2, 0.25) is 0 Å². The Morgan fingerprint density at radius 2 is 1.67 bits per heavy atom. The highest BCUT2D eigenvalue weighted by molar-refractivity contribution is 8.00. The second-order valence-electron chi connectivity index (χ2n) is 8.16. The first-order valence-corrected chi connectivity index (χ1v) is 11.9. The average molecular weight is 420 g/mol. The quantitative estimate of drug-likeness (QED) is 0.338. The third-order valence-corrected chi connectivity index (χ3v) is 6.92. The topological polar surface area (TPSA) is 43.1 Å². The first kappa shape index (κ1) is 20.9. The summed E-state index contributed by atoms with van der Waals surface area (Å²) in [5.41, 5.74) is 2.83. The number of nitrogens with zero attached hydrogens (tertiary/aromatic N) is 1. The summed E-state index contributed by atoms with van der Waals surface area (Å²) in [6.07, 6.45) is 8.27. The van der Waals surface area contributed by atoms with E-state index in [4.69, 9.17) is 9.40 Å². The highest BCUT2D eigenvalue weighted by Gasteiger charge is 2.22. The monoisotopic (exact) mass is 419 g/mol. The molecule has 1 saturated carbocycles. The summed E-state index contributed by atoms with van der Waals surface area (Å²) in [7, 11) is 0. The maximum Gasteiger partial charge on any atom is 0.257 e. The standard InChI is InChI=1S/C26H29NO2S/c1-19(23(28)18-10-13-20-11-8-9-12-20)30-26-27-24(21-14-4-2-5-15-21)25(29-26)22-16-6-3-7-17-22/h2-7,14-17,19-20H,8-13,18H2,1H3. The van der Waals surface area contributed by atoms with Gasteiger partial charge in [0.05, 0.1) is 5.25 Å². The fourth-order valence-electron chi connectivity index (χ4n) is 4.21. The van der Waals surface area contributed by atoms with E-state index < -0.39 is 0 Å². The Morgan fingerprint density at radius 1 is 1.03 bits per heavy atom. The number of Topliss-reactive ketones (excluding diaryl/α,β-unsaturated/α-hetero) is 1. The molecular formula is C26H29NO2S. The van der Waals surface area contributed by atoms with Gasteiger partial charge in [-0.1, -0.05) is 105 Å². The second-order valence-corrected chi connectivity index (χ2v) is 9.45. The first-order chi connectivity index (χ1) is 14.7. The maximum absolute atomic E-state index is 12.7. The van der Waals surface area contributed by atoms with Gasteiger partial charge in [-0.2, -0.15) is 0 Å². The van der Waals surface area contributed by atoms with Gasteiger partial charge in [-0.3, -0.25) is 4.79 Å². The van der Waals surface area contributed by atoms with Crippen molar-refractivity contribution in [3.63, 3.8) is 0 Å². The van der Waals surface area contributed by atoms with Crippen LogP contribution in [0.4, 0.5) is 0 Å². The van der Waals surface area contributed by atoms with Crippen molar-refractivity contribution < 1.29 is 9.21 Å². The molecule has 0 saturated heterocycles. The van der Waals surface area contributed by atoms with E-state index in [1.165, 1.54) is 43.9 Å². The van der Waals surface area contributed by atoms with Crippen LogP contribution in [-0.2, 0) is 4.79 Å². The second kappa shape index (κ2) is 10.1. The lowest BCUT2D eigenvalue weighted by atomic mass is 9.99. The van der Waals surface area contributed by atoms with Crippen LogP contribution in [0.5, 0.6) is 0 Å². The Balaban J connectivity index is 1.46. The van der Waals surface area contributed by atoms with Crippen LogP contribution in [0.3, 0.4) is 0 Å². The molecular weight excluding hydrogens is 390 g/mol. The lowest BCUT2D eigenvalue weighted by molar-refractivity contribution is -0.118. The zero-order valence-corrected chi connectivity index (χ0v) is 18.4. The molecule has 1 aliphatic rings. The molecule has 0 aliphatic heterocycles. The van der Waals surface area contributed by atoms with Crippen molar-refractivity contribution in [1.29, 1.82) is 0 Å². The number of carbonyl (C=O) groups is 1. The van der Waals surface area contributed by atoms with Crippen LogP contribution in [-0.4, -0.2) is 16.0 Å². The van der Waals surface area contributed by atoms with Gasteiger partial charge in [-0.25, -0.2) is 4.98 Å². The normalized spacial score (nSPS) is 15.4. The van der Waals surface area contributed by atoms with Crippen molar-refractivity contribution in [2.45, 2.75) is 62.3 Å². The molecule has 1 aliphatic carbocycles. The highest BCUT2D eigenvalue weighted by atomic mass is 32.2. The zero-order chi connectivity index (χ0) is 20.8. The van der Waals surface area contributed by atoms with E-state index in [9.17, 15) is 4.79 Å². The zero-order valence-electron chi connectivity index (χ0n) is 17.5. The average Bonchev–Trinajstić information content (AvgIpc) is 3.45. The minimum Gasteiger partial charge on any atom is -0.431 e. The predicted octanol–water partition coefficient (Wildman–Crippen LogP) is 7.42. The molecule has 1 heterocycles. The lowest BCUT2D eigenvalue weighted by Crippen LogP contribution is -2.13. The van der Waals surface area contributed by atoms with Gasteiger partial charge in [0.25, 0.3) is 5.22 Å². The van der Waals surface area contributed by atoms with Gasteiger partial charge in [0.1, 0.15) is 11.5 Å². The Labute approximate surface area is 183 Å². The van der Waals surface area contributed by atoms with Crippen LogP contribution in [0.15, 0.2) is 70.3 Å². The van der Waals surface area contributed by atoms with Crippen LogP contribution >= 0.6 is 11.8 Å². The van der Waals surface area contributed by atoms with Crippen molar-refractivity contribution in [3.05, 3.63) is 60.7 Å². The van der Waals surface area contributed by atoms with E-state index in [2.05, 4.69) is 0 Å². The van der Waals surface area contributed by atoms with Crippen LogP contribution in [0.2, 0.25) is 0 Å². The molecule has 1 aromatic heterocycles. The Kier molecular flexibility index (Phi) is 7.06. The van der Waals surface area contributed by atoms with E-state index in [-0.39, 0.29) is 5.25 Å². The molecule has 1 atom stereocenters. The number of hydrogen-bond donors (Lipinski definition) is 0. The molecule has 156 valence electrons. The van der Waals surface area contributed by atoms with Crippen LogP contribution < -0.4 is 0 Å². The summed E-state index contributed by atoms with van der Waals surface area (Å²) >= 11 is 1.43. The number of carbonyl (C=O) groups excluding carboxylic acids is 1. The molecule has 30 heavy (non-hydrogen) atoms. The number of thioether (sulfide) groups is 1. The van der Waals surface area contributed by atoms with Crippen molar-refractivity contribution in [2.24, 2.45) is 5.92 Å². The summed E-state index contributed by atoms with van der Waals surface area (Å²) in [6, 6.07) is 20.1. The molecule has 3 aromatic rings. The van der Waals surface area contributed by atoms with Crippen LogP contribution in [0, 0.1) is 5.92 Å². The summed E-state index contributed by atoms with van der Waals surface area (Å²) < 4.78 is 6.16. The number of rotatable bonds is 9. The largest absolute Gasteiger partial charge is 0.431 e. The van der Waals surface area contributed by atoms with Gasteiger partial charge in [0.15, 0.2) is 5.76 Å². The highest BCUT2D eigenvalue weighted by Crippen LogP contribution is 2.37. The van der Waals surface area contributed by atoms with Gasteiger partial charge >= 0.3 is 0 Å². The Bertz CT molecular complexity index is 889. The molecule has 0 spiro atoms. The molecule has 0 N–H and O–H groups in total. The van der Waals surface area contributed by atoms with Gasteiger partial charge in [0, 0.05) is 17.5 Å². The summed E-state index contributed by atoms with van der Waals surface area (Å²) in [4.78, 5) is 17.4. The third kappa shape index (κ3) is 5.23. The van der Waals surface area contributed by atoms with Crippen LogP contribution in [0.1, 0.15) is 51.9 Å².